The summed E-state index contributed by atoms with van der Waals surface area (Å²) in [6.07, 6.45) is 3.12. The number of nitrogens with two attached hydrogens (primary N) is 1. The molecule has 1 amide bonds. The van der Waals surface area contributed by atoms with Crippen molar-refractivity contribution in [3.05, 3.63) is 23.8 Å². The maximum Gasteiger partial charge on any atom is 0.257 e. The lowest BCUT2D eigenvalue weighted by Gasteiger charge is -2.14. The number of carbonyl (C=O) groups is 1. The minimum atomic E-state index is -0.0958. The molecule has 1 fully saturated rings. The lowest BCUT2D eigenvalue weighted by molar-refractivity contribution is -0.123. The van der Waals surface area contributed by atoms with Crippen molar-refractivity contribution in [2.45, 2.75) is 19.3 Å². The normalized spacial score (nSPS) is 13.9. The minimum Gasteiger partial charge on any atom is -0.493 e. The van der Waals surface area contributed by atoms with Crippen molar-refractivity contribution in [2.24, 2.45) is 11.7 Å². The van der Waals surface area contributed by atoms with E-state index in [2.05, 4.69) is 5.32 Å². The minimum absolute atomic E-state index is 0.00463. The van der Waals surface area contributed by atoms with Crippen LogP contribution in [0.1, 0.15) is 18.4 Å². The fourth-order valence-electron chi connectivity index (χ4n) is 2.01. The Bertz CT molecular complexity index is 458. The third-order valence-corrected chi connectivity index (χ3v) is 3.33. The van der Waals surface area contributed by atoms with Crippen molar-refractivity contribution in [1.29, 1.82) is 0 Å². The zero-order chi connectivity index (χ0) is 14.4. The highest BCUT2D eigenvalue weighted by Gasteiger charge is 2.21. The van der Waals surface area contributed by atoms with Gasteiger partial charge in [-0.15, -0.1) is 0 Å². The standard InChI is InChI=1S/C15H22N2O3/c1-19-13-4-2-3-12(7-8-16)15(13)20-10-14(18)17-9-11-5-6-11/h2-4,11H,5-10,16H2,1H3,(H,17,18). The number of methoxy groups -OCH3 is 1. The molecule has 1 aromatic carbocycles. The van der Waals surface area contributed by atoms with Crippen molar-refractivity contribution in [2.75, 3.05) is 26.8 Å². The van der Waals surface area contributed by atoms with E-state index in [9.17, 15) is 4.79 Å². The highest BCUT2D eigenvalue weighted by Crippen LogP contribution is 2.31. The molecule has 1 saturated carbocycles. The third-order valence-electron chi connectivity index (χ3n) is 3.33. The molecule has 5 nitrogen and oxygen atoms in total. The van der Waals surface area contributed by atoms with Crippen LogP contribution in [0.3, 0.4) is 0 Å². The summed E-state index contributed by atoms with van der Waals surface area (Å²) in [4.78, 5) is 11.7. The monoisotopic (exact) mass is 278 g/mol. The van der Waals surface area contributed by atoms with E-state index in [1.165, 1.54) is 12.8 Å². The van der Waals surface area contributed by atoms with Crippen molar-refractivity contribution in [3.63, 3.8) is 0 Å². The smallest absolute Gasteiger partial charge is 0.257 e. The van der Waals surface area contributed by atoms with Gasteiger partial charge in [-0.3, -0.25) is 4.79 Å². The molecule has 110 valence electrons. The van der Waals surface area contributed by atoms with E-state index in [1.54, 1.807) is 7.11 Å². The molecule has 0 radical (unpaired) electrons. The Morgan fingerprint density at radius 3 is 2.90 bits per heavy atom. The first kappa shape index (κ1) is 14.7. The molecular formula is C15H22N2O3. The average molecular weight is 278 g/mol. The van der Waals surface area contributed by atoms with Crippen molar-refractivity contribution in [3.8, 4) is 11.5 Å². The van der Waals surface area contributed by atoms with Crippen molar-refractivity contribution in [1.82, 2.24) is 5.32 Å². The van der Waals surface area contributed by atoms with Gasteiger partial charge in [0.15, 0.2) is 18.1 Å². The van der Waals surface area contributed by atoms with Crippen LogP contribution in [0.4, 0.5) is 0 Å². The Labute approximate surface area is 119 Å². The number of hydrogen-bond acceptors (Lipinski definition) is 4. The number of hydrogen-bond donors (Lipinski definition) is 2. The summed E-state index contributed by atoms with van der Waals surface area (Å²) in [7, 11) is 1.58. The Morgan fingerprint density at radius 2 is 2.25 bits per heavy atom. The van der Waals surface area contributed by atoms with Crippen molar-refractivity contribution >= 4 is 5.91 Å². The number of amides is 1. The number of para-hydroxylation sites is 1. The van der Waals surface area contributed by atoms with Gasteiger partial charge < -0.3 is 20.5 Å². The second-order valence-electron chi connectivity index (χ2n) is 5.02. The fourth-order valence-corrected chi connectivity index (χ4v) is 2.01. The molecule has 1 aliphatic carbocycles. The number of rotatable bonds is 8. The largest absolute Gasteiger partial charge is 0.493 e. The molecule has 0 spiro atoms. The molecule has 0 unspecified atom stereocenters. The first-order valence-electron chi connectivity index (χ1n) is 7.00. The maximum absolute atomic E-state index is 11.7. The molecule has 2 rings (SSSR count). The first-order valence-corrected chi connectivity index (χ1v) is 7.00. The van der Waals surface area contributed by atoms with Gasteiger partial charge in [0.05, 0.1) is 7.11 Å². The van der Waals surface area contributed by atoms with E-state index in [4.69, 9.17) is 15.2 Å². The van der Waals surface area contributed by atoms with Crippen LogP contribution in [0.15, 0.2) is 18.2 Å². The fraction of sp³-hybridized carbons (Fsp3) is 0.533. The molecule has 0 heterocycles. The molecule has 0 bridgehead atoms. The summed E-state index contributed by atoms with van der Waals surface area (Å²) in [5, 5.41) is 2.87. The molecule has 5 heteroatoms. The third kappa shape index (κ3) is 4.13. The van der Waals surface area contributed by atoms with E-state index < -0.39 is 0 Å². The van der Waals surface area contributed by atoms with Crippen LogP contribution < -0.4 is 20.5 Å². The van der Waals surface area contributed by atoms with Crippen LogP contribution in [0.2, 0.25) is 0 Å². The number of carbonyl (C=O) groups excluding carboxylic acids is 1. The van der Waals surface area contributed by atoms with Gasteiger partial charge in [-0.25, -0.2) is 0 Å². The van der Waals surface area contributed by atoms with Gasteiger partial charge >= 0.3 is 0 Å². The zero-order valence-electron chi connectivity index (χ0n) is 11.9. The van der Waals surface area contributed by atoms with Gasteiger partial charge in [-0.05, 0) is 43.4 Å². The molecule has 1 aliphatic rings. The second kappa shape index (κ2) is 7.14. The van der Waals surface area contributed by atoms with E-state index in [0.29, 0.717) is 30.4 Å². The van der Waals surface area contributed by atoms with Gasteiger partial charge in [0.1, 0.15) is 0 Å². The molecular weight excluding hydrogens is 256 g/mol. The molecule has 20 heavy (non-hydrogen) atoms. The Morgan fingerprint density at radius 1 is 1.45 bits per heavy atom. The predicted molar refractivity (Wildman–Crippen MR) is 77.0 cm³/mol. The lowest BCUT2D eigenvalue weighted by Crippen LogP contribution is -2.30. The number of nitrogens with one attached hydrogen (secondary N) is 1. The summed E-state index contributed by atoms with van der Waals surface area (Å²) in [6.45, 7) is 1.28. The maximum atomic E-state index is 11.7. The van der Waals surface area contributed by atoms with Crippen molar-refractivity contribution < 1.29 is 14.3 Å². The van der Waals surface area contributed by atoms with E-state index in [0.717, 1.165) is 12.1 Å². The Kier molecular flexibility index (Phi) is 5.24. The van der Waals surface area contributed by atoms with Gasteiger partial charge in [0, 0.05) is 6.54 Å². The predicted octanol–water partition coefficient (Wildman–Crippen LogP) is 1.10. The lowest BCUT2D eigenvalue weighted by atomic mass is 10.1. The van der Waals surface area contributed by atoms with E-state index in [1.807, 2.05) is 18.2 Å². The first-order chi connectivity index (χ1) is 9.74. The van der Waals surface area contributed by atoms with Gasteiger partial charge in [0.2, 0.25) is 0 Å². The quantitative estimate of drug-likeness (QED) is 0.747. The molecule has 0 saturated heterocycles. The van der Waals surface area contributed by atoms with E-state index in [-0.39, 0.29) is 12.5 Å². The summed E-state index contributed by atoms with van der Waals surface area (Å²) in [6, 6.07) is 5.65. The molecule has 0 aliphatic heterocycles. The Hall–Kier alpha value is -1.75. The molecule has 0 atom stereocenters. The topological polar surface area (TPSA) is 73.6 Å². The summed E-state index contributed by atoms with van der Waals surface area (Å²) < 4.78 is 10.9. The highest BCUT2D eigenvalue weighted by atomic mass is 16.5. The summed E-state index contributed by atoms with van der Waals surface area (Å²) >= 11 is 0. The highest BCUT2D eigenvalue weighted by molar-refractivity contribution is 5.77. The average Bonchev–Trinajstić information content (AvgIpc) is 3.28. The number of benzene rings is 1. The molecule has 1 aromatic rings. The zero-order valence-corrected chi connectivity index (χ0v) is 11.9. The number of ether oxygens (including phenoxy) is 2. The molecule has 3 N–H and O–H groups in total. The summed E-state index contributed by atoms with van der Waals surface area (Å²) in [5.41, 5.74) is 6.55. The van der Waals surface area contributed by atoms with Gasteiger partial charge in [0.25, 0.3) is 5.91 Å². The van der Waals surface area contributed by atoms with Crippen LogP contribution in [-0.2, 0) is 11.2 Å². The van der Waals surface area contributed by atoms with Crippen LogP contribution in [0.5, 0.6) is 11.5 Å². The second-order valence-corrected chi connectivity index (χ2v) is 5.02. The summed E-state index contributed by atoms with van der Waals surface area (Å²) in [5.74, 6) is 1.81. The van der Waals surface area contributed by atoms with Gasteiger partial charge in [-0.2, -0.15) is 0 Å². The molecule has 0 aromatic heterocycles. The van der Waals surface area contributed by atoms with Gasteiger partial charge in [-0.1, -0.05) is 12.1 Å². The van der Waals surface area contributed by atoms with Crippen LogP contribution in [-0.4, -0.2) is 32.7 Å². The van der Waals surface area contributed by atoms with Crippen LogP contribution in [0, 0.1) is 5.92 Å². The van der Waals surface area contributed by atoms with E-state index >= 15 is 0 Å². The van der Waals surface area contributed by atoms with Crippen LogP contribution >= 0.6 is 0 Å². The Balaban J connectivity index is 1.93. The SMILES string of the molecule is COc1cccc(CCN)c1OCC(=O)NCC1CC1. The van der Waals surface area contributed by atoms with Crippen LogP contribution in [0.25, 0.3) is 0 Å².